The number of aromatic amines is 2. The highest BCUT2D eigenvalue weighted by Gasteiger charge is 1.99. The normalized spacial score (nSPS) is 9.20. The van der Waals surface area contributed by atoms with Crippen LogP contribution in [0.5, 0.6) is 0 Å². The molecule has 0 saturated heterocycles. The van der Waals surface area contributed by atoms with Crippen molar-refractivity contribution in [3.05, 3.63) is 61.3 Å². The fourth-order valence-corrected chi connectivity index (χ4v) is 1.69. The van der Waals surface area contributed by atoms with Crippen LogP contribution in [0.15, 0.2) is 70.2 Å². The maximum absolute atomic E-state index is 5.06. The van der Waals surface area contributed by atoms with Crippen LogP contribution in [0.3, 0.4) is 0 Å². The molecular formula is C14H12I2N2O2. The largest absolute Gasteiger partial charge is 1.00 e. The maximum Gasteiger partial charge on any atom is 0.333 e. The standard InChI is InChI=1S/2C7H5NO.2HI/c2*1-2-4-7-6(3-1)8-5-9-7;;/h2*1-5H;2*1H. The summed E-state index contributed by atoms with van der Waals surface area (Å²) in [6.07, 6.45) is 3.15. The van der Waals surface area contributed by atoms with Crippen LogP contribution < -0.4 is 57.9 Å². The molecule has 0 aliphatic rings. The van der Waals surface area contributed by atoms with Crippen molar-refractivity contribution in [2.75, 3.05) is 0 Å². The molecule has 2 aromatic carbocycles. The Bertz CT molecular complexity index is 641. The van der Waals surface area contributed by atoms with Gasteiger partial charge in [0.15, 0.2) is 0 Å². The van der Waals surface area contributed by atoms with Crippen LogP contribution in [0, 0.1) is 0 Å². The molecular weight excluding hydrogens is 482 g/mol. The second-order valence-electron chi connectivity index (χ2n) is 3.75. The first-order valence-electron chi connectivity index (χ1n) is 5.61. The third kappa shape index (κ3) is 3.92. The average molecular weight is 494 g/mol. The number of fused-ring (bicyclic) bond motifs is 2. The lowest BCUT2D eigenvalue weighted by atomic mass is 10.3. The summed E-state index contributed by atoms with van der Waals surface area (Å²) in [6, 6.07) is 15.6. The molecule has 2 aromatic heterocycles. The van der Waals surface area contributed by atoms with E-state index in [0.29, 0.717) is 0 Å². The fourth-order valence-electron chi connectivity index (χ4n) is 1.69. The molecule has 0 fully saturated rings. The number of halogens is 2. The zero-order chi connectivity index (χ0) is 12.2. The highest BCUT2D eigenvalue weighted by atomic mass is 127. The van der Waals surface area contributed by atoms with Crippen molar-refractivity contribution in [2.45, 2.75) is 0 Å². The molecule has 0 radical (unpaired) electrons. The molecule has 4 aromatic rings. The molecule has 2 N–H and O–H groups in total. The van der Waals surface area contributed by atoms with Crippen molar-refractivity contribution >= 4 is 22.2 Å². The minimum absolute atomic E-state index is 0. The van der Waals surface area contributed by atoms with Gasteiger partial charge in [-0.3, -0.25) is 0 Å². The predicted octanol–water partition coefficient (Wildman–Crippen LogP) is -3.50. The summed E-state index contributed by atoms with van der Waals surface area (Å²) in [5.74, 6) is 0. The van der Waals surface area contributed by atoms with E-state index >= 15 is 0 Å². The Kier molecular flexibility index (Phi) is 6.93. The summed E-state index contributed by atoms with van der Waals surface area (Å²) in [5.41, 5.74) is 3.88. The second-order valence-corrected chi connectivity index (χ2v) is 3.75. The molecule has 0 spiro atoms. The zero-order valence-electron chi connectivity index (χ0n) is 10.3. The van der Waals surface area contributed by atoms with Gasteiger partial charge in [0.2, 0.25) is 22.2 Å². The maximum atomic E-state index is 5.06. The molecule has 2 heterocycles. The van der Waals surface area contributed by atoms with Crippen LogP contribution in [0.1, 0.15) is 0 Å². The van der Waals surface area contributed by atoms with Crippen LogP contribution in [0.4, 0.5) is 0 Å². The van der Waals surface area contributed by atoms with Crippen LogP contribution in [0.2, 0.25) is 0 Å². The smallest absolute Gasteiger partial charge is 0.333 e. The van der Waals surface area contributed by atoms with Crippen molar-refractivity contribution in [3.8, 4) is 0 Å². The summed E-state index contributed by atoms with van der Waals surface area (Å²) in [5, 5.41) is 0. The van der Waals surface area contributed by atoms with Crippen molar-refractivity contribution in [2.24, 2.45) is 0 Å². The van der Waals surface area contributed by atoms with Crippen molar-refractivity contribution in [1.29, 1.82) is 0 Å². The van der Waals surface area contributed by atoms with E-state index in [-0.39, 0.29) is 48.0 Å². The van der Waals surface area contributed by atoms with Gasteiger partial charge in [-0.2, -0.15) is 9.97 Å². The SMILES string of the molecule is [I-].[I-].c1ccc2oc[nH+]c2c1.c1ccc2oc[nH+]c2c1. The number of benzene rings is 2. The highest BCUT2D eigenvalue weighted by molar-refractivity contribution is 5.68. The molecule has 6 heteroatoms. The first-order valence-corrected chi connectivity index (χ1v) is 5.61. The fraction of sp³-hybridized carbons (Fsp3) is 0. The Balaban J connectivity index is 0.000000182. The summed E-state index contributed by atoms with van der Waals surface area (Å²) in [6.45, 7) is 0. The molecule has 104 valence electrons. The van der Waals surface area contributed by atoms with E-state index in [4.69, 9.17) is 8.83 Å². The molecule has 4 nitrogen and oxygen atoms in total. The third-order valence-electron chi connectivity index (χ3n) is 2.57. The number of aromatic nitrogens is 2. The van der Waals surface area contributed by atoms with E-state index in [9.17, 15) is 0 Å². The van der Waals surface area contributed by atoms with E-state index in [1.54, 1.807) is 12.8 Å². The zero-order valence-corrected chi connectivity index (χ0v) is 14.7. The van der Waals surface area contributed by atoms with Gasteiger partial charge in [-0.1, -0.05) is 24.3 Å². The quantitative estimate of drug-likeness (QED) is 0.239. The lowest BCUT2D eigenvalue weighted by Gasteiger charge is -1.74. The minimum Gasteiger partial charge on any atom is -1.00 e. The molecule has 0 atom stereocenters. The van der Waals surface area contributed by atoms with Gasteiger partial charge in [-0.15, -0.1) is 0 Å². The van der Waals surface area contributed by atoms with Gasteiger partial charge in [-0.25, -0.2) is 0 Å². The van der Waals surface area contributed by atoms with Crippen LogP contribution >= 0.6 is 0 Å². The van der Waals surface area contributed by atoms with Crippen LogP contribution in [-0.4, -0.2) is 0 Å². The number of hydrogen-bond acceptors (Lipinski definition) is 2. The molecule has 20 heavy (non-hydrogen) atoms. The first kappa shape index (κ1) is 16.9. The minimum atomic E-state index is 0. The van der Waals surface area contributed by atoms with Gasteiger partial charge < -0.3 is 56.8 Å². The molecule has 0 bridgehead atoms. The van der Waals surface area contributed by atoms with E-state index in [1.165, 1.54) is 0 Å². The molecule has 0 unspecified atom stereocenters. The number of H-pyrrole nitrogens is 2. The lowest BCUT2D eigenvalue weighted by Crippen LogP contribution is -3.00. The molecule has 0 aliphatic heterocycles. The monoisotopic (exact) mass is 494 g/mol. The first-order chi connectivity index (χ1) is 8.93. The number of rotatable bonds is 0. The summed E-state index contributed by atoms with van der Waals surface area (Å²) >= 11 is 0. The van der Waals surface area contributed by atoms with Crippen LogP contribution in [-0.2, 0) is 0 Å². The van der Waals surface area contributed by atoms with Crippen molar-refractivity contribution in [3.63, 3.8) is 0 Å². The van der Waals surface area contributed by atoms with E-state index in [1.807, 2.05) is 48.5 Å². The Morgan fingerprint density at radius 2 is 1.00 bits per heavy atom. The van der Waals surface area contributed by atoms with E-state index < -0.39 is 0 Å². The molecule has 0 amide bonds. The number of para-hydroxylation sites is 4. The van der Waals surface area contributed by atoms with E-state index in [2.05, 4.69) is 9.97 Å². The second kappa shape index (κ2) is 8.20. The number of oxazole rings is 2. The molecule has 4 rings (SSSR count). The third-order valence-corrected chi connectivity index (χ3v) is 2.57. The summed E-state index contributed by atoms with van der Waals surface area (Å²) in [7, 11) is 0. The molecule has 0 aliphatic carbocycles. The van der Waals surface area contributed by atoms with Gasteiger partial charge in [0.25, 0.3) is 0 Å². The summed E-state index contributed by atoms with van der Waals surface area (Å²) < 4.78 is 10.1. The van der Waals surface area contributed by atoms with Gasteiger partial charge in [0, 0.05) is 12.1 Å². The Morgan fingerprint density at radius 1 is 0.600 bits per heavy atom. The predicted molar refractivity (Wildman–Crippen MR) is 65.5 cm³/mol. The Hall–Kier alpha value is -1.16. The highest BCUT2D eigenvalue weighted by Crippen LogP contribution is 2.06. The van der Waals surface area contributed by atoms with Crippen molar-refractivity contribution in [1.82, 2.24) is 0 Å². The summed E-state index contributed by atoms with van der Waals surface area (Å²) in [4.78, 5) is 5.91. The van der Waals surface area contributed by atoms with E-state index in [0.717, 1.165) is 22.2 Å². The Morgan fingerprint density at radius 3 is 1.40 bits per heavy atom. The lowest BCUT2D eigenvalue weighted by molar-refractivity contribution is -0.354. The Labute approximate surface area is 149 Å². The number of hydrogen-bond donors (Lipinski definition) is 0. The van der Waals surface area contributed by atoms with Gasteiger partial charge in [-0.05, 0) is 12.1 Å². The van der Waals surface area contributed by atoms with Gasteiger partial charge >= 0.3 is 12.8 Å². The topological polar surface area (TPSA) is 54.6 Å². The molecule has 0 saturated carbocycles. The number of nitrogens with one attached hydrogen (secondary N) is 2. The van der Waals surface area contributed by atoms with Gasteiger partial charge in [0.05, 0.1) is 0 Å². The average Bonchev–Trinajstić information content (AvgIpc) is 3.08. The van der Waals surface area contributed by atoms with Crippen LogP contribution in [0.25, 0.3) is 22.2 Å². The van der Waals surface area contributed by atoms with Gasteiger partial charge in [0.1, 0.15) is 0 Å². The van der Waals surface area contributed by atoms with Crippen molar-refractivity contribution < 1.29 is 66.8 Å².